The molecule has 0 saturated heterocycles. The van der Waals surface area contributed by atoms with Crippen molar-refractivity contribution >= 4 is 0 Å². The number of aromatic amines is 1. The number of furan rings is 1. The quantitative estimate of drug-likeness (QED) is 0.847. The Morgan fingerprint density at radius 2 is 2.28 bits per heavy atom. The molecular formula is C11H11FN2O4. The fraction of sp³-hybridized carbons (Fsp3) is 0.273. The Kier molecular flexibility index (Phi) is 3.05. The summed E-state index contributed by atoms with van der Waals surface area (Å²) in [4.78, 5) is 24.3. The van der Waals surface area contributed by atoms with E-state index in [4.69, 9.17) is 4.42 Å². The average Bonchev–Trinajstić information content (AvgIpc) is 2.78. The second-order valence-electron chi connectivity index (χ2n) is 3.90. The third-order valence-electron chi connectivity index (χ3n) is 2.58. The number of nitrogens with zero attached hydrogens (tertiary/aromatic N) is 1. The standard InChI is InChI=1S/C11H11FN2O4/c1-6(5-7-3-2-4-18-7)14-10(16)8(12)9(15)13-11(14)17/h2-4,6,16H,5H2,1H3,(H,13,15,17). The lowest BCUT2D eigenvalue weighted by Crippen LogP contribution is -2.34. The van der Waals surface area contributed by atoms with Crippen LogP contribution in [0.2, 0.25) is 0 Å². The summed E-state index contributed by atoms with van der Waals surface area (Å²) in [6.45, 7) is 1.60. The van der Waals surface area contributed by atoms with Gasteiger partial charge in [0.2, 0.25) is 11.7 Å². The van der Waals surface area contributed by atoms with Crippen LogP contribution in [0.15, 0.2) is 32.4 Å². The van der Waals surface area contributed by atoms with Gasteiger partial charge in [0, 0.05) is 12.5 Å². The lowest BCUT2D eigenvalue weighted by atomic mass is 10.2. The minimum absolute atomic E-state index is 0.284. The molecule has 0 bridgehead atoms. The SMILES string of the molecule is CC(Cc1ccco1)n1c(O)c(F)c(=O)[nH]c1=O. The Bertz CT molecular complexity index is 657. The van der Waals surface area contributed by atoms with Gasteiger partial charge in [0.15, 0.2) is 0 Å². The first-order valence-electron chi connectivity index (χ1n) is 5.26. The second-order valence-corrected chi connectivity index (χ2v) is 3.90. The van der Waals surface area contributed by atoms with Gasteiger partial charge in [0.05, 0.1) is 6.26 Å². The molecular weight excluding hydrogens is 243 g/mol. The minimum atomic E-state index is -1.37. The van der Waals surface area contributed by atoms with Crippen LogP contribution in [0.1, 0.15) is 18.7 Å². The predicted molar refractivity (Wildman–Crippen MR) is 60.1 cm³/mol. The normalized spacial score (nSPS) is 12.6. The van der Waals surface area contributed by atoms with E-state index in [9.17, 15) is 19.1 Å². The highest BCUT2D eigenvalue weighted by molar-refractivity contribution is 5.11. The molecule has 0 spiro atoms. The van der Waals surface area contributed by atoms with Gasteiger partial charge in [-0.25, -0.2) is 4.79 Å². The number of nitrogens with one attached hydrogen (secondary N) is 1. The highest BCUT2D eigenvalue weighted by atomic mass is 19.1. The van der Waals surface area contributed by atoms with Crippen molar-refractivity contribution in [2.75, 3.05) is 0 Å². The molecule has 2 N–H and O–H groups in total. The van der Waals surface area contributed by atoms with Crippen molar-refractivity contribution in [2.45, 2.75) is 19.4 Å². The fourth-order valence-electron chi connectivity index (χ4n) is 1.74. The van der Waals surface area contributed by atoms with Crippen LogP contribution in [0.25, 0.3) is 0 Å². The largest absolute Gasteiger partial charge is 0.492 e. The van der Waals surface area contributed by atoms with Crippen molar-refractivity contribution in [3.8, 4) is 5.88 Å². The summed E-state index contributed by atoms with van der Waals surface area (Å²) in [5.41, 5.74) is -2.10. The summed E-state index contributed by atoms with van der Waals surface area (Å²) in [5.74, 6) is -1.76. The zero-order valence-corrected chi connectivity index (χ0v) is 9.51. The van der Waals surface area contributed by atoms with E-state index in [0.717, 1.165) is 4.57 Å². The van der Waals surface area contributed by atoms with Crippen LogP contribution < -0.4 is 11.2 Å². The molecule has 7 heteroatoms. The first-order chi connectivity index (χ1) is 8.50. The van der Waals surface area contributed by atoms with Gasteiger partial charge >= 0.3 is 5.69 Å². The summed E-state index contributed by atoms with van der Waals surface area (Å²) >= 11 is 0. The van der Waals surface area contributed by atoms with Crippen molar-refractivity contribution in [2.24, 2.45) is 0 Å². The molecule has 0 amide bonds. The smallest absolute Gasteiger partial charge is 0.331 e. The van der Waals surface area contributed by atoms with Crippen molar-refractivity contribution in [3.05, 3.63) is 50.8 Å². The van der Waals surface area contributed by atoms with Gasteiger partial charge in [-0.2, -0.15) is 4.39 Å². The Morgan fingerprint density at radius 1 is 1.56 bits per heavy atom. The van der Waals surface area contributed by atoms with E-state index < -0.39 is 29.0 Å². The minimum Gasteiger partial charge on any atom is -0.492 e. The molecule has 96 valence electrons. The molecule has 0 aliphatic rings. The van der Waals surface area contributed by atoms with Crippen LogP contribution in [0.5, 0.6) is 5.88 Å². The fourth-order valence-corrected chi connectivity index (χ4v) is 1.74. The Morgan fingerprint density at radius 3 is 2.89 bits per heavy atom. The van der Waals surface area contributed by atoms with Gasteiger partial charge in [-0.3, -0.25) is 14.3 Å². The van der Waals surface area contributed by atoms with Gasteiger partial charge in [-0.1, -0.05) is 0 Å². The highest BCUT2D eigenvalue weighted by Gasteiger charge is 2.19. The second kappa shape index (κ2) is 4.52. The third-order valence-corrected chi connectivity index (χ3v) is 2.58. The van der Waals surface area contributed by atoms with E-state index in [-0.39, 0.29) is 6.42 Å². The number of aromatic hydroxyl groups is 1. The molecule has 2 heterocycles. The van der Waals surface area contributed by atoms with Crippen LogP contribution in [0.3, 0.4) is 0 Å². The van der Waals surface area contributed by atoms with Crippen molar-refractivity contribution in [1.29, 1.82) is 0 Å². The summed E-state index contributed by atoms with van der Waals surface area (Å²) in [5, 5.41) is 9.50. The zero-order chi connectivity index (χ0) is 13.3. The van der Waals surface area contributed by atoms with Crippen molar-refractivity contribution < 1.29 is 13.9 Å². The molecule has 1 unspecified atom stereocenters. The van der Waals surface area contributed by atoms with Crippen LogP contribution >= 0.6 is 0 Å². The average molecular weight is 254 g/mol. The predicted octanol–water partition coefficient (Wildman–Crippen LogP) is 0.778. The number of hydrogen-bond donors (Lipinski definition) is 2. The van der Waals surface area contributed by atoms with Crippen LogP contribution in [0.4, 0.5) is 4.39 Å². The highest BCUT2D eigenvalue weighted by Crippen LogP contribution is 2.18. The van der Waals surface area contributed by atoms with Crippen molar-refractivity contribution in [3.63, 3.8) is 0 Å². The van der Waals surface area contributed by atoms with Crippen LogP contribution in [-0.4, -0.2) is 14.7 Å². The summed E-state index contributed by atoms with van der Waals surface area (Å²) in [6.07, 6.45) is 1.75. The molecule has 2 aromatic rings. The molecule has 0 saturated carbocycles. The molecule has 1 atom stereocenters. The molecule has 0 radical (unpaired) electrons. The van der Waals surface area contributed by atoms with E-state index in [1.54, 1.807) is 24.0 Å². The Labute approximate surface area is 100 Å². The zero-order valence-electron chi connectivity index (χ0n) is 9.51. The van der Waals surface area contributed by atoms with E-state index >= 15 is 0 Å². The molecule has 2 rings (SSSR count). The number of H-pyrrole nitrogens is 1. The summed E-state index contributed by atoms with van der Waals surface area (Å²) in [6, 6.07) is 2.81. The molecule has 0 aromatic carbocycles. The lowest BCUT2D eigenvalue weighted by Gasteiger charge is -2.14. The van der Waals surface area contributed by atoms with E-state index in [1.165, 1.54) is 6.26 Å². The molecule has 0 fully saturated rings. The van der Waals surface area contributed by atoms with Gasteiger partial charge in [0.1, 0.15) is 5.76 Å². The molecule has 0 aliphatic carbocycles. The van der Waals surface area contributed by atoms with Crippen LogP contribution in [0, 0.1) is 5.82 Å². The van der Waals surface area contributed by atoms with E-state index in [2.05, 4.69) is 0 Å². The third kappa shape index (κ3) is 2.06. The Hall–Kier alpha value is -2.31. The van der Waals surface area contributed by atoms with E-state index in [0.29, 0.717) is 5.76 Å². The molecule has 2 aromatic heterocycles. The Balaban J connectivity index is 2.42. The number of halogens is 1. The summed E-state index contributed by atoms with van der Waals surface area (Å²) in [7, 11) is 0. The topological polar surface area (TPSA) is 88.2 Å². The van der Waals surface area contributed by atoms with Gasteiger partial charge < -0.3 is 9.52 Å². The first kappa shape index (κ1) is 12.2. The van der Waals surface area contributed by atoms with Gasteiger partial charge in [0.25, 0.3) is 5.56 Å². The van der Waals surface area contributed by atoms with Crippen molar-refractivity contribution in [1.82, 2.24) is 9.55 Å². The first-order valence-corrected chi connectivity index (χ1v) is 5.26. The lowest BCUT2D eigenvalue weighted by molar-refractivity contribution is 0.329. The number of rotatable bonds is 3. The van der Waals surface area contributed by atoms with Gasteiger partial charge in [-0.05, 0) is 19.1 Å². The van der Waals surface area contributed by atoms with E-state index in [1.807, 2.05) is 0 Å². The van der Waals surface area contributed by atoms with Gasteiger partial charge in [-0.15, -0.1) is 0 Å². The summed E-state index contributed by atoms with van der Waals surface area (Å²) < 4.78 is 19.1. The maximum absolute atomic E-state index is 13.2. The number of aromatic nitrogens is 2. The maximum Gasteiger partial charge on any atom is 0.331 e. The molecule has 6 nitrogen and oxygen atoms in total. The molecule has 0 aliphatic heterocycles. The monoisotopic (exact) mass is 254 g/mol. The maximum atomic E-state index is 13.2. The van der Waals surface area contributed by atoms with Crippen LogP contribution in [-0.2, 0) is 6.42 Å². The molecule has 18 heavy (non-hydrogen) atoms. The number of hydrogen-bond acceptors (Lipinski definition) is 4.